The molecule has 0 aliphatic rings. The fourth-order valence-electron chi connectivity index (χ4n) is 1.58. The number of rotatable bonds is 6. The Hall–Kier alpha value is -1.04. The van der Waals surface area contributed by atoms with Crippen LogP contribution in [0.5, 0.6) is 0 Å². The average molecular weight is 261 g/mol. The fraction of sp³-hybridized carbons (Fsp3) is 0.545. The zero-order valence-corrected chi connectivity index (χ0v) is 10.7. The summed E-state index contributed by atoms with van der Waals surface area (Å²) in [5, 5.41) is 12.3. The summed E-state index contributed by atoms with van der Waals surface area (Å²) in [7, 11) is 1.55. The van der Waals surface area contributed by atoms with Crippen molar-refractivity contribution in [3.05, 3.63) is 23.0 Å². The fourth-order valence-corrected chi connectivity index (χ4v) is 1.74. The van der Waals surface area contributed by atoms with Crippen LogP contribution in [0.1, 0.15) is 23.8 Å². The lowest BCUT2D eigenvalue weighted by Gasteiger charge is -2.29. The number of amides is 1. The van der Waals surface area contributed by atoms with E-state index in [0.29, 0.717) is 23.7 Å². The smallest absolute Gasteiger partial charge is 0.268 e. The van der Waals surface area contributed by atoms with Gasteiger partial charge < -0.3 is 20.1 Å². The van der Waals surface area contributed by atoms with Crippen LogP contribution in [0.3, 0.4) is 0 Å². The van der Waals surface area contributed by atoms with Crippen molar-refractivity contribution in [2.24, 2.45) is 0 Å². The normalized spacial score (nSPS) is 14.4. The van der Waals surface area contributed by atoms with Crippen molar-refractivity contribution in [2.75, 3.05) is 20.3 Å². The molecule has 3 N–H and O–H groups in total. The molecule has 1 aromatic rings. The molecule has 0 radical (unpaired) electrons. The third kappa shape index (κ3) is 4.03. The number of aliphatic hydroxyl groups excluding tert-OH is 1. The van der Waals surface area contributed by atoms with E-state index in [1.54, 1.807) is 13.2 Å². The summed E-state index contributed by atoms with van der Waals surface area (Å²) in [5.74, 6) is -0.273. The summed E-state index contributed by atoms with van der Waals surface area (Å²) in [6, 6.07) is 1.54. The van der Waals surface area contributed by atoms with Gasteiger partial charge in [0.15, 0.2) is 0 Å². The molecule has 96 valence electrons. The van der Waals surface area contributed by atoms with Crippen molar-refractivity contribution >= 4 is 17.5 Å². The van der Waals surface area contributed by atoms with E-state index in [4.69, 9.17) is 21.4 Å². The lowest BCUT2D eigenvalue weighted by Crippen LogP contribution is -2.50. The highest BCUT2D eigenvalue weighted by Gasteiger charge is 2.26. The van der Waals surface area contributed by atoms with Crippen LogP contribution in [0, 0.1) is 0 Å². The number of H-pyrrole nitrogens is 1. The van der Waals surface area contributed by atoms with Crippen LogP contribution >= 0.6 is 11.6 Å². The SMILES string of the molecule is COCC(C)(CCO)NC(=O)c1cc(Cl)c[nH]1. The highest BCUT2D eigenvalue weighted by Crippen LogP contribution is 2.13. The second-order valence-corrected chi connectivity index (χ2v) is 4.59. The standard InChI is InChI=1S/C11H17ClN2O3/c1-11(3-4-15,7-17-2)14-10(16)9-5-8(12)6-13-9/h5-6,13,15H,3-4,7H2,1-2H3,(H,14,16). The van der Waals surface area contributed by atoms with Gasteiger partial charge in [-0.1, -0.05) is 11.6 Å². The Balaban J connectivity index is 2.70. The molecule has 17 heavy (non-hydrogen) atoms. The molecule has 0 spiro atoms. The van der Waals surface area contributed by atoms with Crippen molar-refractivity contribution in [3.63, 3.8) is 0 Å². The lowest BCUT2D eigenvalue weighted by atomic mass is 9.99. The van der Waals surface area contributed by atoms with Gasteiger partial charge in [-0.25, -0.2) is 0 Å². The van der Waals surface area contributed by atoms with Crippen molar-refractivity contribution < 1.29 is 14.6 Å². The van der Waals surface area contributed by atoms with E-state index in [2.05, 4.69) is 10.3 Å². The van der Waals surface area contributed by atoms with Gasteiger partial charge in [-0.3, -0.25) is 4.79 Å². The van der Waals surface area contributed by atoms with E-state index in [1.165, 1.54) is 6.20 Å². The Morgan fingerprint density at radius 1 is 1.71 bits per heavy atom. The number of nitrogens with one attached hydrogen (secondary N) is 2. The Bertz CT molecular complexity index is 373. The summed E-state index contributed by atoms with van der Waals surface area (Å²) in [4.78, 5) is 14.6. The van der Waals surface area contributed by atoms with E-state index in [1.807, 2.05) is 6.92 Å². The Labute approximate surface area is 105 Å². The molecule has 1 heterocycles. The zero-order valence-electron chi connectivity index (χ0n) is 9.92. The van der Waals surface area contributed by atoms with Crippen LogP contribution in [-0.2, 0) is 4.74 Å². The van der Waals surface area contributed by atoms with Crippen molar-refractivity contribution in [1.82, 2.24) is 10.3 Å². The molecule has 0 bridgehead atoms. The molecule has 0 aromatic carbocycles. The largest absolute Gasteiger partial charge is 0.396 e. The lowest BCUT2D eigenvalue weighted by molar-refractivity contribution is 0.0722. The molecule has 1 rings (SSSR count). The van der Waals surface area contributed by atoms with Gasteiger partial charge in [0.05, 0.1) is 17.2 Å². The first kappa shape index (κ1) is 14.0. The molecule has 0 saturated heterocycles. The third-order valence-corrected chi connectivity index (χ3v) is 2.65. The Morgan fingerprint density at radius 3 is 2.88 bits per heavy atom. The van der Waals surface area contributed by atoms with Crippen LogP contribution in [-0.4, -0.2) is 41.9 Å². The zero-order chi connectivity index (χ0) is 12.9. The molecule has 0 aliphatic heterocycles. The highest BCUT2D eigenvalue weighted by atomic mass is 35.5. The minimum atomic E-state index is -0.599. The molecule has 1 aromatic heterocycles. The average Bonchev–Trinajstić information content (AvgIpc) is 2.65. The minimum Gasteiger partial charge on any atom is -0.396 e. The first-order valence-corrected chi connectivity index (χ1v) is 5.65. The number of halogens is 1. The Morgan fingerprint density at radius 2 is 2.41 bits per heavy atom. The predicted octanol–water partition coefficient (Wildman–Crippen LogP) is 1.19. The minimum absolute atomic E-state index is 0.0222. The second kappa shape index (κ2) is 6.05. The summed E-state index contributed by atoms with van der Waals surface area (Å²) in [6.07, 6.45) is 1.96. The van der Waals surface area contributed by atoms with Crippen molar-refractivity contribution in [2.45, 2.75) is 18.9 Å². The molecule has 1 amide bonds. The molecular formula is C11H17ClN2O3. The predicted molar refractivity (Wildman–Crippen MR) is 65.3 cm³/mol. The summed E-state index contributed by atoms with van der Waals surface area (Å²) >= 11 is 5.72. The van der Waals surface area contributed by atoms with E-state index in [9.17, 15) is 4.79 Å². The second-order valence-electron chi connectivity index (χ2n) is 4.15. The molecule has 0 fully saturated rings. The van der Waals surface area contributed by atoms with Gasteiger partial charge in [-0.05, 0) is 19.4 Å². The summed E-state index contributed by atoms with van der Waals surface area (Å²) in [6.45, 7) is 2.12. The highest BCUT2D eigenvalue weighted by molar-refractivity contribution is 6.30. The molecular weight excluding hydrogens is 244 g/mol. The maximum atomic E-state index is 11.9. The topological polar surface area (TPSA) is 74.3 Å². The quantitative estimate of drug-likeness (QED) is 0.719. The molecule has 1 atom stereocenters. The number of methoxy groups -OCH3 is 1. The van der Waals surface area contributed by atoms with Gasteiger partial charge >= 0.3 is 0 Å². The van der Waals surface area contributed by atoms with E-state index in [0.717, 1.165) is 0 Å². The van der Waals surface area contributed by atoms with Crippen LogP contribution in [0.4, 0.5) is 0 Å². The first-order valence-electron chi connectivity index (χ1n) is 5.27. The number of hydrogen-bond acceptors (Lipinski definition) is 3. The third-order valence-electron chi connectivity index (χ3n) is 2.43. The van der Waals surface area contributed by atoms with Crippen molar-refractivity contribution in [1.29, 1.82) is 0 Å². The van der Waals surface area contributed by atoms with Gasteiger partial charge in [0.2, 0.25) is 0 Å². The summed E-state index contributed by atoms with van der Waals surface area (Å²) < 4.78 is 5.04. The van der Waals surface area contributed by atoms with Gasteiger partial charge in [-0.15, -0.1) is 0 Å². The van der Waals surface area contributed by atoms with E-state index < -0.39 is 5.54 Å². The number of hydrogen-bond donors (Lipinski definition) is 3. The molecule has 6 heteroatoms. The van der Waals surface area contributed by atoms with Crippen molar-refractivity contribution in [3.8, 4) is 0 Å². The monoisotopic (exact) mass is 260 g/mol. The number of ether oxygens (including phenoxy) is 1. The molecule has 0 saturated carbocycles. The van der Waals surface area contributed by atoms with Gasteiger partial charge in [0.25, 0.3) is 5.91 Å². The van der Waals surface area contributed by atoms with Crippen LogP contribution in [0.2, 0.25) is 5.02 Å². The number of aromatic nitrogens is 1. The van der Waals surface area contributed by atoms with Crippen LogP contribution < -0.4 is 5.32 Å². The summed E-state index contributed by atoms with van der Waals surface area (Å²) in [5.41, 5.74) is -0.215. The maximum Gasteiger partial charge on any atom is 0.268 e. The van der Waals surface area contributed by atoms with Gasteiger partial charge in [-0.2, -0.15) is 0 Å². The van der Waals surface area contributed by atoms with Crippen LogP contribution in [0.25, 0.3) is 0 Å². The molecule has 1 unspecified atom stereocenters. The number of carbonyl (C=O) groups is 1. The number of aliphatic hydroxyl groups is 1. The van der Waals surface area contributed by atoms with E-state index in [-0.39, 0.29) is 12.5 Å². The number of aromatic amines is 1. The molecule has 5 nitrogen and oxygen atoms in total. The Kier molecular flexibility index (Phi) is 4.99. The van der Waals surface area contributed by atoms with E-state index >= 15 is 0 Å². The maximum absolute atomic E-state index is 11.9. The van der Waals surface area contributed by atoms with Gasteiger partial charge in [0.1, 0.15) is 5.69 Å². The molecule has 0 aliphatic carbocycles. The first-order chi connectivity index (χ1) is 8.00. The number of carbonyl (C=O) groups excluding carboxylic acids is 1. The van der Waals surface area contributed by atoms with Gasteiger partial charge in [0, 0.05) is 19.9 Å². The van der Waals surface area contributed by atoms with Crippen LogP contribution in [0.15, 0.2) is 12.3 Å².